The lowest BCUT2D eigenvalue weighted by atomic mass is 9.70. The van der Waals surface area contributed by atoms with Crippen molar-refractivity contribution in [3.8, 4) is 5.75 Å². The third-order valence-electron chi connectivity index (χ3n) is 3.87. The van der Waals surface area contributed by atoms with Gasteiger partial charge in [-0.1, -0.05) is 13.0 Å². The Bertz CT molecular complexity index is 384. The average Bonchev–Trinajstić information content (AvgIpc) is 2.27. The van der Waals surface area contributed by atoms with E-state index in [-0.39, 0.29) is 5.54 Å². The lowest BCUT2D eigenvalue weighted by Gasteiger charge is -2.39. The van der Waals surface area contributed by atoms with Crippen LogP contribution in [0.25, 0.3) is 0 Å². The van der Waals surface area contributed by atoms with Crippen LogP contribution in [0.1, 0.15) is 43.7 Å². The number of ether oxygens (including phenoxy) is 1. The molecule has 0 heterocycles. The Kier molecular flexibility index (Phi) is 2.94. The van der Waals surface area contributed by atoms with Gasteiger partial charge >= 0.3 is 0 Å². The third kappa shape index (κ3) is 1.82. The number of nitrogens with two attached hydrogens (primary N) is 1. The molecule has 2 N–H and O–H groups in total. The van der Waals surface area contributed by atoms with E-state index in [0.29, 0.717) is 5.92 Å². The van der Waals surface area contributed by atoms with Crippen LogP contribution < -0.4 is 10.5 Å². The predicted molar refractivity (Wildman–Crippen MR) is 66.9 cm³/mol. The molecule has 2 rings (SSSR count). The molecule has 2 atom stereocenters. The highest BCUT2D eigenvalue weighted by molar-refractivity contribution is 5.41. The van der Waals surface area contributed by atoms with Gasteiger partial charge in [-0.15, -0.1) is 0 Å². The van der Waals surface area contributed by atoms with E-state index in [9.17, 15) is 0 Å². The van der Waals surface area contributed by atoms with E-state index in [1.807, 2.05) is 6.07 Å². The summed E-state index contributed by atoms with van der Waals surface area (Å²) in [5.41, 5.74) is 9.15. The molecule has 0 unspecified atom stereocenters. The summed E-state index contributed by atoms with van der Waals surface area (Å²) in [6, 6.07) is 6.39. The van der Waals surface area contributed by atoms with Crippen molar-refractivity contribution < 1.29 is 4.74 Å². The Hall–Kier alpha value is -1.02. The summed E-state index contributed by atoms with van der Waals surface area (Å²) < 4.78 is 5.30. The highest BCUT2D eigenvalue weighted by atomic mass is 16.5. The minimum Gasteiger partial charge on any atom is -0.497 e. The van der Waals surface area contributed by atoms with Crippen LogP contribution in [0.3, 0.4) is 0 Å². The van der Waals surface area contributed by atoms with E-state index in [2.05, 4.69) is 26.0 Å². The van der Waals surface area contributed by atoms with E-state index >= 15 is 0 Å². The van der Waals surface area contributed by atoms with Gasteiger partial charge in [-0.25, -0.2) is 0 Å². The first-order valence-corrected chi connectivity index (χ1v) is 6.04. The highest BCUT2D eigenvalue weighted by Gasteiger charge is 2.35. The molecule has 0 amide bonds. The minimum absolute atomic E-state index is 0.0753. The Balaban J connectivity index is 2.46. The van der Waals surface area contributed by atoms with Gasteiger partial charge in [-0.3, -0.25) is 0 Å². The van der Waals surface area contributed by atoms with Crippen LogP contribution in [0.4, 0.5) is 0 Å². The molecule has 0 spiro atoms. The van der Waals surface area contributed by atoms with E-state index in [1.54, 1.807) is 7.11 Å². The summed E-state index contributed by atoms with van der Waals surface area (Å²) >= 11 is 0. The Labute approximate surface area is 97.8 Å². The van der Waals surface area contributed by atoms with Gasteiger partial charge in [0.15, 0.2) is 0 Å². The monoisotopic (exact) mass is 219 g/mol. The second-order valence-corrected chi connectivity index (χ2v) is 5.03. The number of aryl methyl sites for hydroxylation is 1. The number of methoxy groups -OCH3 is 1. The first-order chi connectivity index (χ1) is 7.58. The van der Waals surface area contributed by atoms with Gasteiger partial charge in [0.25, 0.3) is 0 Å². The molecule has 1 aromatic rings. The molecule has 0 saturated heterocycles. The molecular formula is C14H21NO. The summed E-state index contributed by atoms with van der Waals surface area (Å²) in [5, 5.41) is 0. The van der Waals surface area contributed by atoms with Crippen molar-refractivity contribution in [2.75, 3.05) is 7.11 Å². The van der Waals surface area contributed by atoms with Crippen molar-refractivity contribution in [1.29, 1.82) is 0 Å². The van der Waals surface area contributed by atoms with Crippen LogP contribution >= 0.6 is 0 Å². The molecular weight excluding hydrogens is 198 g/mol. The molecule has 1 aromatic carbocycles. The van der Waals surface area contributed by atoms with Gasteiger partial charge in [0, 0.05) is 11.5 Å². The van der Waals surface area contributed by atoms with Crippen molar-refractivity contribution in [2.45, 2.75) is 44.6 Å². The predicted octanol–water partition coefficient (Wildman–Crippen LogP) is 2.85. The maximum absolute atomic E-state index is 6.40. The van der Waals surface area contributed by atoms with E-state index in [1.165, 1.54) is 11.1 Å². The largest absolute Gasteiger partial charge is 0.497 e. The van der Waals surface area contributed by atoms with Gasteiger partial charge in [-0.05, 0) is 49.4 Å². The molecule has 0 radical (unpaired) electrons. The molecule has 0 aromatic heterocycles. The van der Waals surface area contributed by atoms with Crippen molar-refractivity contribution in [3.63, 3.8) is 0 Å². The Morgan fingerprint density at radius 2 is 2.25 bits per heavy atom. The number of hydrogen-bond acceptors (Lipinski definition) is 2. The minimum atomic E-state index is -0.0753. The van der Waals surface area contributed by atoms with Crippen molar-refractivity contribution >= 4 is 0 Å². The maximum atomic E-state index is 6.40. The van der Waals surface area contributed by atoms with Crippen molar-refractivity contribution in [2.24, 2.45) is 5.73 Å². The second kappa shape index (κ2) is 4.10. The zero-order valence-electron chi connectivity index (χ0n) is 10.4. The number of rotatable bonds is 2. The van der Waals surface area contributed by atoms with E-state index in [4.69, 9.17) is 10.5 Å². The topological polar surface area (TPSA) is 35.2 Å². The first-order valence-electron chi connectivity index (χ1n) is 6.04. The molecule has 2 heteroatoms. The first kappa shape index (κ1) is 11.5. The van der Waals surface area contributed by atoms with E-state index < -0.39 is 0 Å². The molecule has 0 saturated carbocycles. The maximum Gasteiger partial charge on any atom is 0.119 e. The molecule has 1 aliphatic carbocycles. The number of benzene rings is 1. The number of fused-ring (bicyclic) bond motifs is 1. The molecule has 2 nitrogen and oxygen atoms in total. The molecule has 0 aliphatic heterocycles. The van der Waals surface area contributed by atoms with Crippen molar-refractivity contribution in [3.05, 3.63) is 29.3 Å². The molecule has 0 fully saturated rings. The standard InChI is InChI=1S/C14H21NO/c1-4-13-12-9-11(16-3)6-5-10(12)7-8-14(13,2)15/h5-6,9,13H,4,7-8,15H2,1-3H3/t13-,14+/m0/s1. The van der Waals surface area contributed by atoms with Crippen LogP contribution in [-0.4, -0.2) is 12.6 Å². The van der Waals surface area contributed by atoms with E-state index in [0.717, 1.165) is 25.0 Å². The Morgan fingerprint density at radius 3 is 2.88 bits per heavy atom. The zero-order valence-corrected chi connectivity index (χ0v) is 10.4. The summed E-state index contributed by atoms with van der Waals surface area (Å²) in [5.74, 6) is 1.39. The second-order valence-electron chi connectivity index (χ2n) is 5.03. The average molecular weight is 219 g/mol. The Morgan fingerprint density at radius 1 is 1.50 bits per heavy atom. The van der Waals surface area contributed by atoms with Crippen molar-refractivity contribution in [1.82, 2.24) is 0 Å². The van der Waals surface area contributed by atoms with Gasteiger partial charge in [0.05, 0.1) is 7.11 Å². The third-order valence-corrected chi connectivity index (χ3v) is 3.87. The molecule has 0 bridgehead atoms. The normalized spacial score (nSPS) is 28.6. The highest BCUT2D eigenvalue weighted by Crippen LogP contribution is 2.40. The lowest BCUT2D eigenvalue weighted by Crippen LogP contribution is -2.45. The van der Waals surface area contributed by atoms with Crippen LogP contribution in [0, 0.1) is 0 Å². The zero-order chi connectivity index (χ0) is 11.8. The quantitative estimate of drug-likeness (QED) is 0.830. The van der Waals surface area contributed by atoms with Gasteiger partial charge in [0.2, 0.25) is 0 Å². The summed E-state index contributed by atoms with van der Waals surface area (Å²) in [4.78, 5) is 0. The fourth-order valence-corrected chi connectivity index (χ4v) is 2.87. The SMILES string of the molecule is CC[C@H]1c2cc(OC)ccc2CC[C@@]1(C)N. The van der Waals surface area contributed by atoms with Crippen LogP contribution in [0.2, 0.25) is 0 Å². The van der Waals surface area contributed by atoms with Gasteiger partial charge in [-0.2, -0.15) is 0 Å². The summed E-state index contributed by atoms with van der Waals surface area (Å²) in [7, 11) is 1.72. The molecule has 1 aliphatic rings. The summed E-state index contributed by atoms with van der Waals surface area (Å²) in [6.07, 6.45) is 3.25. The fourth-order valence-electron chi connectivity index (χ4n) is 2.87. The van der Waals surface area contributed by atoms with Crippen LogP contribution in [0.5, 0.6) is 5.75 Å². The van der Waals surface area contributed by atoms with Gasteiger partial charge < -0.3 is 10.5 Å². The molecule has 88 valence electrons. The van der Waals surface area contributed by atoms with Crippen LogP contribution in [-0.2, 0) is 6.42 Å². The molecule has 16 heavy (non-hydrogen) atoms. The van der Waals surface area contributed by atoms with Gasteiger partial charge in [0.1, 0.15) is 5.75 Å². The van der Waals surface area contributed by atoms with Crippen LogP contribution in [0.15, 0.2) is 18.2 Å². The number of hydrogen-bond donors (Lipinski definition) is 1. The summed E-state index contributed by atoms with van der Waals surface area (Å²) in [6.45, 7) is 4.38. The fraction of sp³-hybridized carbons (Fsp3) is 0.571. The smallest absolute Gasteiger partial charge is 0.119 e. The lowest BCUT2D eigenvalue weighted by molar-refractivity contribution is 0.321.